The van der Waals surface area contributed by atoms with Crippen molar-refractivity contribution in [2.24, 2.45) is 5.73 Å². The fourth-order valence-electron chi connectivity index (χ4n) is 4.32. The summed E-state index contributed by atoms with van der Waals surface area (Å²) in [6, 6.07) is 10.1. The van der Waals surface area contributed by atoms with Gasteiger partial charge in [0.25, 0.3) is 5.91 Å². The molecule has 2 aromatic carbocycles. The van der Waals surface area contributed by atoms with Crippen LogP contribution in [-0.4, -0.2) is 56.1 Å². The van der Waals surface area contributed by atoms with Gasteiger partial charge in [-0.3, -0.25) is 4.79 Å². The second-order valence-corrected chi connectivity index (χ2v) is 8.56. The van der Waals surface area contributed by atoms with Crippen LogP contribution in [0, 0.1) is 0 Å². The maximum Gasteiger partial charge on any atom is 0.422 e. The minimum atomic E-state index is -4.43. The average molecular weight is 496 g/mol. The summed E-state index contributed by atoms with van der Waals surface area (Å²) in [5, 5.41) is 16.0. The fraction of sp³-hybridized carbons (Fsp3) is 0.480. The number of primary amides is 1. The first-order valence-corrected chi connectivity index (χ1v) is 11.7. The Morgan fingerprint density at radius 1 is 1.23 bits per heavy atom. The van der Waals surface area contributed by atoms with E-state index in [0.29, 0.717) is 24.9 Å². The van der Waals surface area contributed by atoms with Crippen LogP contribution in [0.2, 0.25) is 0 Å². The highest BCUT2D eigenvalue weighted by Gasteiger charge is 2.29. The smallest absolute Gasteiger partial charge is 0.422 e. The van der Waals surface area contributed by atoms with Crippen molar-refractivity contribution in [1.29, 1.82) is 0 Å². The summed E-state index contributed by atoms with van der Waals surface area (Å²) < 4.78 is 48.0. The molecule has 3 rings (SSSR count). The summed E-state index contributed by atoms with van der Waals surface area (Å²) in [6.07, 6.45) is -2.33. The number of anilines is 1. The van der Waals surface area contributed by atoms with Crippen LogP contribution < -0.4 is 25.8 Å². The number of para-hydroxylation sites is 2. The maximum atomic E-state index is 12.5. The number of aliphatic hydroxyl groups is 1. The molecule has 7 nitrogen and oxygen atoms in total. The molecule has 35 heavy (non-hydrogen) atoms. The van der Waals surface area contributed by atoms with E-state index >= 15 is 0 Å². The lowest BCUT2D eigenvalue weighted by atomic mass is 9.85. The molecule has 1 aliphatic rings. The number of hydrogen-bond donors (Lipinski definition) is 4. The predicted molar refractivity (Wildman–Crippen MR) is 127 cm³/mol. The van der Waals surface area contributed by atoms with Gasteiger partial charge in [-0.2, -0.15) is 13.2 Å². The molecular formula is C25H32F3N3O4. The number of amides is 1. The van der Waals surface area contributed by atoms with E-state index in [4.69, 9.17) is 15.2 Å². The van der Waals surface area contributed by atoms with Crippen LogP contribution in [0.15, 0.2) is 36.4 Å². The van der Waals surface area contributed by atoms with Crippen molar-refractivity contribution in [2.45, 2.75) is 44.3 Å². The van der Waals surface area contributed by atoms with Crippen LogP contribution in [0.1, 0.15) is 47.2 Å². The number of alkyl halides is 3. The van der Waals surface area contributed by atoms with E-state index in [1.165, 1.54) is 6.07 Å². The molecule has 1 heterocycles. The highest BCUT2D eigenvalue weighted by atomic mass is 19.4. The van der Waals surface area contributed by atoms with E-state index in [2.05, 4.69) is 16.7 Å². The monoisotopic (exact) mass is 495 g/mol. The predicted octanol–water partition coefficient (Wildman–Crippen LogP) is 3.61. The molecule has 0 bridgehead atoms. The Morgan fingerprint density at radius 3 is 2.60 bits per heavy atom. The lowest BCUT2D eigenvalue weighted by Gasteiger charge is -2.27. The van der Waals surface area contributed by atoms with Crippen LogP contribution in [-0.2, 0) is 6.42 Å². The van der Waals surface area contributed by atoms with Gasteiger partial charge in [-0.15, -0.1) is 0 Å². The standard InChI is InChI=1S/C25H32F3N3O4/c1-16(30-10-12-34-21-6-2-3-7-22(21)35-15-25(26,27)28)19(5-4-11-32)18-13-17-8-9-31-23(17)20(14-18)24(29)33/h2-3,6-7,13-14,16,19,30-32H,4-5,8-12,15H2,1H3,(H2,29,33)/t16-,19?/m1/s1. The number of aliphatic hydroxyl groups excluding tert-OH is 1. The van der Waals surface area contributed by atoms with Gasteiger partial charge in [0.15, 0.2) is 18.1 Å². The quantitative estimate of drug-likeness (QED) is 0.317. The zero-order chi connectivity index (χ0) is 25.4. The first-order chi connectivity index (χ1) is 16.7. The molecule has 10 heteroatoms. The third-order valence-corrected chi connectivity index (χ3v) is 5.98. The van der Waals surface area contributed by atoms with E-state index in [-0.39, 0.29) is 36.7 Å². The van der Waals surface area contributed by atoms with Crippen molar-refractivity contribution in [2.75, 3.05) is 38.2 Å². The van der Waals surface area contributed by atoms with Gasteiger partial charge in [-0.1, -0.05) is 18.2 Å². The number of carbonyl (C=O) groups is 1. The number of carbonyl (C=O) groups excluding carboxylic acids is 1. The van der Waals surface area contributed by atoms with Crippen LogP contribution in [0.4, 0.5) is 18.9 Å². The fourth-order valence-corrected chi connectivity index (χ4v) is 4.32. The van der Waals surface area contributed by atoms with Gasteiger partial charge in [0.05, 0.1) is 11.3 Å². The van der Waals surface area contributed by atoms with Crippen molar-refractivity contribution in [3.8, 4) is 11.5 Å². The topological polar surface area (TPSA) is 106 Å². The Balaban J connectivity index is 1.63. The Bertz CT molecular complexity index is 1000. The third-order valence-electron chi connectivity index (χ3n) is 5.98. The minimum absolute atomic E-state index is 0.00792. The van der Waals surface area contributed by atoms with Gasteiger partial charge in [-0.25, -0.2) is 0 Å². The Labute approximate surface area is 202 Å². The number of halogens is 3. The SMILES string of the molecule is C[C@@H](NCCOc1ccccc1OCC(F)(F)F)C(CCCO)c1cc2c(c(C(N)=O)c1)NCC2. The average Bonchev–Trinajstić information content (AvgIpc) is 3.29. The second kappa shape index (κ2) is 12.1. The highest BCUT2D eigenvalue weighted by Crippen LogP contribution is 2.34. The number of benzene rings is 2. The van der Waals surface area contributed by atoms with Crippen LogP contribution in [0.3, 0.4) is 0 Å². The van der Waals surface area contributed by atoms with E-state index in [1.54, 1.807) is 18.2 Å². The molecular weight excluding hydrogens is 463 g/mol. The third kappa shape index (κ3) is 7.50. The number of ether oxygens (including phenoxy) is 2. The van der Waals surface area contributed by atoms with E-state index < -0.39 is 18.7 Å². The molecule has 1 amide bonds. The van der Waals surface area contributed by atoms with Crippen LogP contribution >= 0.6 is 0 Å². The molecule has 1 unspecified atom stereocenters. The van der Waals surface area contributed by atoms with Gasteiger partial charge in [0.2, 0.25) is 0 Å². The molecule has 0 fully saturated rings. The summed E-state index contributed by atoms with van der Waals surface area (Å²) in [7, 11) is 0. The minimum Gasteiger partial charge on any atom is -0.488 e. The molecule has 0 saturated carbocycles. The molecule has 0 aliphatic carbocycles. The molecule has 0 radical (unpaired) electrons. The van der Waals surface area contributed by atoms with E-state index in [1.807, 2.05) is 13.0 Å². The van der Waals surface area contributed by atoms with Gasteiger partial charge >= 0.3 is 6.18 Å². The first-order valence-electron chi connectivity index (χ1n) is 11.7. The summed E-state index contributed by atoms with van der Waals surface area (Å²) in [5.41, 5.74) is 8.91. The molecule has 2 aromatic rings. The van der Waals surface area contributed by atoms with Crippen molar-refractivity contribution >= 4 is 11.6 Å². The van der Waals surface area contributed by atoms with Gasteiger partial charge in [0.1, 0.15) is 6.61 Å². The van der Waals surface area contributed by atoms with E-state index in [0.717, 1.165) is 29.8 Å². The summed E-state index contributed by atoms with van der Waals surface area (Å²) in [4.78, 5) is 12.0. The number of nitrogens with one attached hydrogen (secondary N) is 2. The van der Waals surface area contributed by atoms with Crippen molar-refractivity contribution < 1.29 is 32.5 Å². The normalized spacial score (nSPS) is 14.7. The largest absolute Gasteiger partial charge is 0.488 e. The van der Waals surface area contributed by atoms with Gasteiger partial charge in [-0.05, 0) is 61.4 Å². The number of fused-ring (bicyclic) bond motifs is 1. The zero-order valence-electron chi connectivity index (χ0n) is 19.7. The number of rotatable bonds is 13. The Hall–Kier alpha value is -2.98. The van der Waals surface area contributed by atoms with Crippen molar-refractivity contribution in [3.05, 3.63) is 53.1 Å². The van der Waals surface area contributed by atoms with Crippen molar-refractivity contribution in [3.63, 3.8) is 0 Å². The summed E-state index contributed by atoms with van der Waals surface area (Å²) in [6.45, 7) is 2.07. The van der Waals surface area contributed by atoms with Crippen LogP contribution in [0.25, 0.3) is 0 Å². The van der Waals surface area contributed by atoms with Gasteiger partial charge in [0, 0.05) is 25.7 Å². The Morgan fingerprint density at radius 2 is 1.94 bits per heavy atom. The lowest BCUT2D eigenvalue weighted by Crippen LogP contribution is -2.35. The highest BCUT2D eigenvalue weighted by molar-refractivity contribution is 6.00. The second-order valence-electron chi connectivity index (χ2n) is 8.56. The van der Waals surface area contributed by atoms with E-state index in [9.17, 15) is 23.1 Å². The molecule has 0 spiro atoms. The first kappa shape index (κ1) is 26.6. The maximum absolute atomic E-state index is 12.5. The lowest BCUT2D eigenvalue weighted by molar-refractivity contribution is -0.153. The molecule has 0 saturated heterocycles. The number of hydrogen-bond acceptors (Lipinski definition) is 6. The number of nitrogens with two attached hydrogens (primary N) is 1. The Kier molecular flexibility index (Phi) is 9.22. The molecule has 192 valence electrons. The summed E-state index contributed by atoms with van der Waals surface area (Å²) in [5.74, 6) is -0.211. The molecule has 5 N–H and O–H groups in total. The van der Waals surface area contributed by atoms with Crippen molar-refractivity contribution in [1.82, 2.24) is 5.32 Å². The molecule has 0 aromatic heterocycles. The summed E-state index contributed by atoms with van der Waals surface area (Å²) >= 11 is 0. The van der Waals surface area contributed by atoms with Gasteiger partial charge < -0.3 is 30.9 Å². The molecule has 1 aliphatic heterocycles. The zero-order valence-corrected chi connectivity index (χ0v) is 19.7. The molecule has 2 atom stereocenters. The van der Waals surface area contributed by atoms with Crippen LogP contribution in [0.5, 0.6) is 11.5 Å².